The van der Waals surface area contributed by atoms with E-state index in [4.69, 9.17) is 11.6 Å². The summed E-state index contributed by atoms with van der Waals surface area (Å²) in [6, 6.07) is 14.8. The molecule has 0 bridgehead atoms. The number of Topliss-reactive ketones (excluding diaryl/α,β-unsaturated/α-hetero) is 1. The molecule has 3 aromatic rings. The molecule has 1 saturated heterocycles. The van der Waals surface area contributed by atoms with E-state index in [1.165, 1.54) is 34.7 Å². The molecule has 0 spiro atoms. The molecular weight excluding hydrogens is 469 g/mol. The average molecular weight is 492 g/mol. The Labute approximate surface area is 207 Å². The van der Waals surface area contributed by atoms with Crippen LogP contribution < -0.4 is 0 Å². The van der Waals surface area contributed by atoms with Crippen LogP contribution in [0.5, 0.6) is 5.75 Å². The van der Waals surface area contributed by atoms with Crippen molar-refractivity contribution in [2.45, 2.75) is 38.3 Å². The molecule has 1 aliphatic carbocycles. The van der Waals surface area contributed by atoms with Crippen LogP contribution in [-0.2, 0) is 29.0 Å². The van der Waals surface area contributed by atoms with Gasteiger partial charge in [-0.3, -0.25) is 9.59 Å². The number of fused-ring (bicyclic) bond motifs is 1. The van der Waals surface area contributed by atoms with Crippen LogP contribution in [0.15, 0.2) is 66.2 Å². The standard InChI is InChI=1S/C28H23ClFNO4/c29-22-14-19(9-12-23(22)32)25-24(26(33)20-8-7-17-3-1-2-4-18(17)13-20)27(34)28(35)31(25)15-16-5-10-21(30)11-6-16/h5-14,25,32-33H,1-4,15H2/b26-24-. The van der Waals surface area contributed by atoms with Gasteiger partial charge in [0.25, 0.3) is 11.7 Å². The smallest absolute Gasteiger partial charge is 0.295 e. The molecule has 178 valence electrons. The molecule has 5 nitrogen and oxygen atoms in total. The number of hydrogen-bond acceptors (Lipinski definition) is 4. The van der Waals surface area contributed by atoms with Crippen LogP contribution in [0.25, 0.3) is 5.76 Å². The first-order valence-electron chi connectivity index (χ1n) is 11.5. The molecule has 1 heterocycles. The number of likely N-dealkylation sites (tertiary alicyclic amines) is 1. The summed E-state index contributed by atoms with van der Waals surface area (Å²) in [5.41, 5.74) is 3.87. The van der Waals surface area contributed by atoms with E-state index in [0.29, 0.717) is 16.7 Å². The highest BCUT2D eigenvalue weighted by Gasteiger charge is 2.46. The van der Waals surface area contributed by atoms with Crippen molar-refractivity contribution in [2.75, 3.05) is 0 Å². The molecular formula is C28H23ClFNO4. The van der Waals surface area contributed by atoms with Gasteiger partial charge in [-0.05, 0) is 78.3 Å². The van der Waals surface area contributed by atoms with Gasteiger partial charge in [-0.2, -0.15) is 0 Å². The number of carbonyl (C=O) groups is 2. The van der Waals surface area contributed by atoms with Crippen LogP contribution in [0.1, 0.15) is 46.7 Å². The Morgan fingerprint density at radius 2 is 1.69 bits per heavy atom. The number of amides is 1. The van der Waals surface area contributed by atoms with E-state index in [1.54, 1.807) is 24.3 Å². The molecule has 35 heavy (non-hydrogen) atoms. The topological polar surface area (TPSA) is 77.8 Å². The molecule has 1 fully saturated rings. The van der Waals surface area contributed by atoms with Gasteiger partial charge in [0.15, 0.2) is 0 Å². The van der Waals surface area contributed by atoms with Gasteiger partial charge < -0.3 is 15.1 Å². The molecule has 0 radical (unpaired) electrons. The number of phenols is 1. The number of benzene rings is 3. The number of aliphatic hydroxyl groups excluding tert-OH is 1. The summed E-state index contributed by atoms with van der Waals surface area (Å²) in [6.07, 6.45) is 4.05. The van der Waals surface area contributed by atoms with E-state index in [1.807, 2.05) is 12.1 Å². The number of carbonyl (C=O) groups excluding carboxylic acids is 2. The lowest BCUT2D eigenvalue weighted by Crippen LogP contribution is -2.29. The van der Waals surface area contributed by atoms with E-state index < -0.39 is 23.5 Å². The number of aromatic hydroxyl groups is 1. The van der Waals surface area contributed by atoms with E-state index in [9.17, 15) is 24.2 Å². The maximum atomic E-state index is 13.4. The van der Waals surface area contributed by atoms with Gasteiger partial charge in [0.2, 0.25) is 0 Å². The fourth-order valence-electron chi connectivity index (χ4n) is 4.91. The normalized spacial score (nSPS) is 19.1. The summed E-state index contributed by atoms with van der Waals surface area (Å²) in [6.45, 7) is 0.0228. The molecule has 1 atom stereocenters. The second-order valence-corrected chi connectivity index (χ2v) is 9.36. The number of aryl methyl sites for hydroxylation is 2. The predicted octanol–water partition coefficient (Wildman–Crippen LogP) is 5.69. The average Bonchev–Trinajstić information content (AvgIpc) is 3.11. The minimum atomic E-state index is -0.936. The van der Waals surface area contributed by atoms with Crippen LogP contribution >= 0.6 is 11.6 Å². The van der Waals surface area contributed by atoms with Crippen molar-refractivity contribution in [2.24, 2.45) is 0 Å². The van der Waals surface area contributed by atoms with E-state index in [-0.39, 0.29) is 28.6 Å². The summed E-state index contributed by atoms with van der Waals surface area (Å²) < 4.78 is 13.4. The van der Waals surface area contributed by atoms with E-state index in [0.717, 1.165) is 31.2 Å². The van der Waals surface area contributed by atoms with Crippen LogP contribution in [0, 0.1) is 5.82 Å². The largest absolute Gasteiger partial charge is 0.507 e. The van der Waals surface area contributed by atoms with Crippen molar-refractivity contribution in [3.63, 3.8) is 0 Å². The summed E-state index contributed by atoms with van der Waals surface area (Å²) in [4.78, 5) is 27.7. The van der Waals surface area contributed by atoms with Crippen LogP contribution in [0.2, 0.25) is 5.02 Å². The molecule has 5 rings (SSSR count). The Morgan fingerprint density at radius 1 is 0.971 bits per heavy atom. The lowest BCUT2D eigenvalue weighted by molar-refractivity contribution is -0.140. The van der Waals surface area contributed by atoms with Crippen molar-refractivity contribution in [1.29, 1.82) is 0 Å². The minimum Gasteiger partial charge on any atom is -0.507 e. The first-order valence-corrected chi connectivity index (χ1v) is 11.8. The molecule has 1 amide bonds. The summed E-state index contributed by atoms with van der Waals surface area (Å²) in [7, 11) is 0. The molecule has 2 N–H and O–H groups in total. The van der Waals surface area contributed by atoms with E-state index >= 15 is 0 Å². The second-order valence-electron chi connectivity index (χ2n) is 8.95. The fourth-order valence-corrected chi connectivity index (χ4v) is 5.09. The van der Waals surface area contributed by atoms with Gasteiger partial charge in [0.1, 0.15) is 17.3 Å². The van der Waals surface area contributed by atoms with Crippen LogP contribution in [-0.4, -0.2) is 26.8 Å². The van der Waals surface area contributed by atoms with Crippen molar-refractivity contribution in [3.8, 4) is 5.75 Å². The van der Waals surface area contributed by atoms with Gasteiger partial charge in [0.05, 0.1) is 16.6 Å². The van der Waals surface area contributed by atoms with Gasteiger partial charge in [-0.25, -0.2) is 4.39 Å². The molecule has 3 aromatic carbocycles. The lowest BCUT2D eigenvalue weighted by Gasteiger charge is -2.26. The van der Waals surface area contributed by atoms with Crippen molar-refractivity contribution >= 4 is 29.1 Å². The van der Waals surface area contributed by atoms with Crippen molar-refractivity contribution in [1.82, 2.24) is 4.90 Å². The Bertz CT molecular complexity index is 1370. The fraction of sp³-hybridized carbons (Fsp3) is 0.214. The number of hydrogen-bond donors (Lipinski definition) is 2. The molecule has 7 heteroatoms. The molecule has 2 aliphatic rings. The number of rotatable bonds is 4. The molecule has 1 aliphatic heterocycles. The number of aliphatic hydroxyl groups is 1. The molecule has 0 aromatic heterocycles. The zero-order valence-electron chi connectivity index (χ0n) is 18.8. The number of ketones is 1. The Morgan fingerprint density at radius 3 is 2.40 bits per heavy atom. The Kier molecular flexibility index (Phi) is 6.07. The summed E-state index contributed by atoms with van der Waals surface area (Å²) in [5.74, 6) is -2.39. The first-order chi connectivity index (χ1) is 16.8. The molecule has 0 saturated carbocycles. The van der Waals surface area contributed by atoms with Gasteiger partial charge in [0, 0.05) is 12.1 Å². The summed E-state index contributed by atoms with van der Waals surface area (Å²) >= 11 is 6.16. The van der Waals surface area contributed by atoms with Crippen molar-refractivity contribution < 1.29 is 24.2 Å². The zero-order valence-corrected chi connectivity index (χ0v) is 19.6. The number of halogens is 2. The molecule has 1 unspecified atom stereocenters. The lowest BCUT2D eigenvalue weighted by atomic mass is 9.88. The van der Waals surface area contributed by atoms with Gasteiger partial charge in [-0.1, -0.05) is 41.9 Å². The third-order valence-corrected chi connectivity index (χ3v) is 7.02. The van der Waals surface area contributed by atoms with Crippen molar-refractivity contribution in [3.05, 3.63) is 105 Å². The van der Waals surface area contributed by atoms with E-state index in [2.05, 4.69) is 0 Å². The first kappa shape index (κ1) is 23.1. The predicted molar refractivity (Wildman–Crippen MR) is 130 cm³/mol. The zero-order chi connectivity index (χ0) is 24.7. The quantitative estimate of drug-likeness (QED) is 0.279. The monoisotopic (exact) mass is 491 g/mol. The van der Waals surface area contributed by atoms with Gasteiger partial charge in [-0.15, -0.1) is 0 Å². The summed E-state index contributed by atoms with van der Waals surface area (Å²) in [5, 5.41) is 21.3. The maximum absolute atomic E-state index is 13.4. The minimum absolute atomic E-state index is 0.0228. The highest BCUT2D eigenvalue weighted by molar-refractivity contribution is 6.46. The van der Waals surface area contributed by atoms with Crippen LogP contribution in [0.3, 0.4) is 0 Å². The number of nitrogens with zero attached hydrogens (tertiary/aromatic N) is 1. The second kappa shape index (κ2) is 9.19. The van der Waals surface area contributed by atoms with Gasteiger partial charge >= 0.3 is 0 Å². The Balaban J connectivity index is 1.64. The SMILES string of the molecule is O=C1C(=O)N(Cc2ccc(F)cc2)C(c2ccc(O)c(Cl)c2)/C1=C(/O)c1ccc2c(c1)CCCC2. The third kappa shape index (κ3) is 4.30. The maximum Gasteiger partial charge on any atom is 0.295 e. The highest BCUT2D eigenvalue weighted by atomic mass is 35.5. The van der Waals surface area contributed by atoms with Crippen LogP contribution in [0.4, 0.5) is 4.39 Å². The Hall–Kier alpha value is -3.64. The number of phenolic OH excluding ortho intramolecular Hbond substituents is 1. The third-order valence-electron chi connectivity index (χ3n) is 6.72. The highest BCUT2D eigenvalue weighted by Crippen LogP contribution is 2.42.